The smallest absolute Gasteiger partial charge is 0.307 e. The Morgan fingerprint density at radius 2 is 2.40 bits per heavy atom. The number of nitrogens with one attached hydrogen (secondary N) is 1. The molecular formula is C6H10N2O2. The van der Waals surface area contributed by atoms with Crippen LogP contribution in [0.4, 0.5) is 0 Å². The van der Waals surface area contributed by atoms with Crippen molar-refractivity contribution < 1.29 is 9.90 Å². The molecular weight excluding hydrogens is 132 g/mol. The number of hydrogen-bond donors (Lipinski definition) is 3. The summed E-state index contributed by atoms with van der Waals surface area (Å²) in [6.07, 6.45) is 3.48. The third-order valence-corrected chi connectivity index (χ3v) is 1.02. The maximum Gasteiger partial charge on any atom is 0.307 e. The molecule has 0 aliphatic rings. The predicted molar refractivity (Wildman–Crippen MR) is 37.2 cm³/mol. The Bertz CT molecular complexity index is 194. The molecule has 1 aromatic rings. The number of carbonyl (C=O) groups is 1. The Balaban J connectivity index is 0.000000810. The maximum absolute atomic E-state index is 10.1. The van der Waals surface area contributed by atoms with E-state index in [2.05, 4.69) is 4.98 Å². The molecule has 4 nitrogen and oxygen atoms in total. The lowest BCUT2D eigenvalue weighted by atomic mass is 10.2. The Hall–Kier alpha value is -1.29. The summed E-state index contributed by atoms with van der Waals surface area (Å²) in [6, 6.07) is 1.74. The fraction of sp³-hybridized carbons (Fsp3) is 0.167. The van der Waals surface area contributed by atoms with Crippen molar-refractivity contribution in [3.63, 3.8) is 0 Å². The van der Waals surface area contributed by atoms with Gasteiger partial charge in [-0.3, -0.25) is 4.79 Å². The van der Waals surface area contributed by atoms with Gasteiger partial charge in [-0.25, -0.2) is 0 Å². The van der Waals surface area contributed by atoms with Gasteiger partial charge in [-0.05, 0) is 11.6 Å². The van der Waals surface area contributed by atoms with Crippen molar-refractivity contribution in [3.8, 4) is 0 Å². The number of aliphatic carboxylic acids is 1. The van der Waals surface area contributed by atoms with E-state index < -0.39 is 5.97 Å². The van der Waals surface area contributed by atoms with Crippen LogP contribution < -0.4 is 6.15 Å². The van der Waals surface area contributed by atoms with Crippen molar-refractivity contribution >= 4 is 5.97 Å². The molecule has 0 radical (unpaired) electrons. The highest BCUT2D eigenvalue weighted by Crippen LogP contribution is 1.96. The highest BCUT2D eigenvalue weighted by molar-refractivity contribution is 5.69. The van der Waals surface area contributed by atoms with E-state index in [0.717, 1.165) is 5.56 Å². The van der Waals surface area contributed by atoms with Crippen molar-refractivity contribution in [3.05, 3.63) is 24.0 Å². The predicted octanol–water partition coefficient (Wildman–Crippen LogP) is 0.804. The highest BCUT2D eigenvalue weighted by Gasteiger charge is 1.97. The Kier molecular flexibility index (Phi) is 3.21. The van der Waals surface area contributed by atoms with Crippen molar-refractivity contribution in [2.75, 3.05) is 0 Å². The van der Waals surface area contributed by atoms with Gasteiger partial charge in [0.2, 0.25) is 0 Å². The first kappa shape index (κ1) is 8.71. The lowest BCUT2D eigenvalue weighted by Gasteiger charge is -1.85. The van der Waals surface area contributed by atoms with E-state index in [9.17, 15) is 4.79 Å². The summed E-state index contributed by atoms with van der Waals surface area (Å²) < 4.78 is 0. The zero-order valence-electron chi connectivity index (χ0n) is 5.50. The first-order chi connectivity index (χ1) is 4.29. The molecule has 0 saturated carbocycles. The Morgan fingerprint density at radius 1 is 1.70 bits per heavy atom. The van der Waals surface area contributed by atoms with E-state index in [4.69, 9.17) is 5.11 Å². The zero-order chi connectivity index (χ0) is 6.69. The zero-order valence-corrected chi connectivity index (χ0v) is 5.50. The lowest BCUT2D eigenvalue weighted by Crippen LogP contribution is -1.97. The molecule has 0 aliphatic carbocycles. The van der Waals surface area contributed by atoms with Gasteiger partial charge in [0.15, 0.2) is 0 Å². The van der Waals surface area contributed by atoms with Crippen LogP contribution >= 0.6 is 0 Å². The number of carboxylic acids is 1. The topological polar surface area (TPSA) is 88.1 Å². The minimum Gasteiger partial charge on any atom is -0.481 e. The second-order valence-corrected chi connectivity index (χ2v) is 1.79. The van der Waals surface area contributed by atoms with Gasteiger partial charge < -0.3 is 16.2 Å². The summed E-state index contributed by atoms with van der Waals surface area (Å²) in [7, 11) is 0. The molecule has 0 atom stereocenters. The fourth-order valence-electron chi connectivity index (χ4n) is 0.643. The molecule has 0 fully saturated rings. The lowest BCUT2D eigenvalue weighted by molar-refractivity contribution is -0.136. The average Bonchev–Trinajstić information content (AvgIpc) is 2.15. The summed E-state index contributed by atoms with van der Waals surface area (Å²) >= 11 is 0. The third kappa shape index (κ3) is 2.32. The summed E-state index contributed by atoms with van der Waals surface area (Å²) in [5.41, 5.74) is 0.808. The van der Waals surface area contributed by atoms with E-state index in [-0.39, 0.29) is 12.6 Å². The number of hydrogen-bond acceptors (Lipinski definition) is 2. The van der Waals surface area contributed by atoms with Crippen LogP contribution in [0, 0.1) is 0 Å². The van der Waals surface area contributed by atoms with Crippen LogP contribution in [-0.4, -0.2) is 16.1 Å². The number of carboxylic acid groups (broad SMARTS) is 1. The van der Waals surface area contributed by atoms with E-state index in [1.165, 1.54) is 0 Å². The van der Waals surface area contributed by atoms with Crippen LogP contribution in [0.25, 0.3) is 0 Å². The van der Waals surface area contributed by atoms with E-state index >= 15 is 0 Å². The number of aromatic nitrogens is 1. The van der Waals surface area contributed by atoms with E-state index in [1.54, 1.807) is 18.5 Å². The van der Waals surface area contributed by atoms with Gasteiger partial charge in [0.25, 0.3) is 0 Å². The molecule has 1 rings (SSSR count). The minimum atomic E-state index is -0.797. The van der Waals surface area contributed by atoms with Crippen LogP contribution in [0.3, 0.4) is 0 Å². The maximum atomic E-state index is 10.1. The van der Waals surface area contributed by atoms with Gasteiger partial charge in [-0.15, -0.1) is 0 Å². The van der Waals surface area contributed by atoms with Crippen LogP contribution in [0.15, 0.2) is 18.5 Å². The molecule has 0 bridgehead atoms. The normalized spacial score (nSPS) is 8.40. The molecule has 1 aromatic heterocycles. The van der Waals surface area contributed by atoms with Gasteiger partial charge in [-0.1, -0.05) is 0 Å². The van der Waals surface area contributed by atoms with Crippen molar-refractivity contribution in [2.24, 2.45) is 0 Å². The molecule has 4 heteroatoms. The fourth-order valence-corrected chi connectivity index (χ4v) is 0.643. The van der Waals surface area contributed by atoms with Gasteiger partial charge in [0, 0.05) is 12.4 Å². The second-order valence-electron chi connectivity index (χ2n) is 1.79. The number of rotatable bonds is 2. The van der Waals surface area contributed by atoms with Crippen LogP contribution in [0.1, 0.15) is 5.56 Å². The molecule has 0 aliphatic heterocycles. The number of H-pyrrole nitrogens is 1. The molecule has 0 spiro atoms. The van der Waals surface area contributed by atoms with Gasteiger partial charge in [0.1, 0.15) is 0 Å². The third-order valence-electron chi connectivity index (χ3n) is 1.02. The minimum absolute atomic E-state index is 0. The summed E-state index contributed by atoms with van der Waals surface area (Å²) in [6.45, 7) is 0. The molecule has 0 unspecified atom stereocenters. The Morgan fingerprint density at radius 3 is 2.80 bits per heavy atom. The molecule has 10 heavy (non-hydrogen) atoms. The molecule has 5 N–H and O–H groups in total. The summed E-state index contributed by atoms with van der Waals surface area (Å²) in [4.78, 5) is 12.8. The summed E-state index contributed by atoms with van der Waals surface area (Å²) in [5, 5.41) is 8.27. The molecule has 0 aromatic carbocycles. The first-order valence-electron chi connectivity index (χ1n) is 2.62. The van der Waals surface area contributed by atoms with Gasteiger partial charge in [0.05, 0.1) is 6.42 Å². The van der Waals surface area contributed by atoms with Gasteiger partial charge >= 0.3 is 5.97 Å². The van der Waals surface area contributed by atoms with E-state index in [1.807, 2.05) is 0 Å². The van der Waals surface area contributed by atoms with Gasteiger partial charge in [-0.2, -0.15) is 0 Å². The monoisotopic (exact) mass is 142 g/mol. The highest BCUT2D eigenvalue weighted by atomic mass is 16.4. The average molecular weight is 142 g/mol. The van der Waals surface area contributed by atoms with Crippen LogP contribution in [0.5, 0.6) is 0 Å². The SMILES string of the molecule is N.O=C(O)Cc1cc[nH]c1. The first-order valence-corrected chi connectivity index (χ1v) is 2.62. The number of aromatic amines is 1. The van der Waals surface area contributed by atoms with Crippen molar-refractivity contribution in [2.45, 2.75) is 6.42 Å². The second kappa shape index (κ2) is 3.68. The summed E-state index contributed by atoms with van der Waals surface area (Å²) in [5.74, 6) is -0.797. The standard InChI is InChI=1S/C6H7NO2.H3N/c8-6(9)3-5-1-2-7-4-5;/h1-2,4,7H,3H2,(H,8,9);1H3. The Labute approximate surface area is 58.5 Å². The van der Waals surface area contributed by atoms with Crippen LogP contribution in [-0.2, 0) is 11.2 Å². The van der Waals surface area contributed by atoms with Crippen LogP contribution in [0.2, 0.25) is 0 Å². The molecule has 56 valence electrons. The largest absolute Gasteiger partial charge is 0.481 e. The molecule has 0 amide bonds. The van der Waals surface area contributed by atoms with E-state index in [0.29, 0.717) is 0 Å². The molecule has 0 saturated heterocycles. The van der Waals surface area contributed by atoms with Crippen molar-refractivity contribution in [1.82, 2.24) is 11.1 Å². The molecule has 1 heterocycles. The quantitative estimate of drug-likeness (QED) is 0.570. The van der Waals surface area contributed by atoms with Crippen molar-refractivity contribution in [1.29, 1.82) is 0 Å².